The molecule has 8 atom stereocenters. The zero-order chi connectivity index (χ0) is 26.7. The molecule has 0 aromatic carbocycles. The first-order chi connectivity index (χ1) is 16.8. The number of carbonyl (C=O) groups is 4. The number of Topliss-reactive ketones (excluding diaryl/α,β-unsaturated/α-hetero) is 1. The lowest BCUT2D eigenvalue weighted by Crippen LogP contribution is -2.70. The van der Waals surface area contributed by atoms with Gasteiger partial charge < -0.3 is 14.6 Å². The second-order valence-electron chi connectivity index (χ2n) is 11.2. The number of ketones is 2. The molecule has 3 saturated carbocycles. The van der Waals surface area contributed by atoms with Gasteiger partial charge in [-0.1, -0.05) is 19.9 Å². The van der Waals surface area contributed by atoms with E-state index < -0.39 is 76.3 Å². The number of allylic oxidation sites excluding steroid dienone is 4. The molecule has 0 bridgehead atoms. The molecule has 36 heavy (non-hydrogen) atoms. The van der Waals surface area contributed by atoms with Crippen molar-refractivity contribution in [3.63, 3.8) is 0 Å². The third kappa shape index (κ3) is 3.52. The van der Waals surface area contributed by atoms with E-state index >= 15 is 8.78 Å². The Bertz CT molecular complexity index is 1050. The van der Waals surface area contributed by atoms with E-state index in [0.29, 0.717) is 6.42 Å². The molecule has 0 spiro atoms. The minimum atomic E-state index is -2.30. The molecule has 0 unspecified atom stereocenters. The van der Waals surface area contributed by atoms with E-state index in [0.717, 1.165) is 13.0 Å². The van der Waals surface area contributed by atoms with Crippen molar-refractivity contribution in [1.29, 1.82) is 0 Å². The number of hydrogen-bond acceptors (Lipinski definition) is 7. The average Bonchev–Trinajstić information content (AvgIpc) is 3.08. The first kappa shape index (κ1) is 26.6. The van der Waals surface area contributed by atoms with Crippen molar-refractivity contribution in [3.05, 3.63) is 23.8 Å². The van der Waals surface area contributed by atoms with E-state index in [4.69, 9.17) is 9.47 Å². The van der Waals surface area contributed by atoms with Gasteiger partial charge in [-0.15, -0.1) is 0 Å². The van der Waals surface area contributed by atoms with Gasteiger partial charge in [-0.05, 0) is 62.7 Å². The van der Waals surface area contributed by atoms with Crippen LogP contribution in [0.15, 0.2) is 23.8 Å². The number of rotatable bonds is 6. The largest absolute Gasteiger partial charge is 0.458 e. The van der Waals surface area contributed by atoms with Crippen LogP contribution in [0.5, 0.6) is 0 Å². The number of carbonyl (C=O) groups excluding carboxylic acids is 4. The van der Waals surface area contributed by atoms with Gasteiger partial charge >= 0.3 is 11.9 Å². The van der Waals surface area contributed by atoms with Crippen LogP contribution >= 0.6 is 0 Å². The monoisotopic (exact) mass is 508 g/mol. The summed E-state index contributed by atoms with van der Waals surface area (Å²) in [4.78, 5) is 49.6. The number of fused-ring (bicyclic) bond motifs is 5. The Hall–Kier alpha value is -2.42. The molecule has 0 saturated heterocycles. The Kier molecular flexibility index (Phi) is 6.55. The summed E-state index contributed by atoms with van der Waals surface area (Å²) in [6.07, 6.45) is 0.783. The molecule has 3 fully saturated rings. The fourth-order valence-electron chi connectivity index (χ4n) is 7.61. The van der Waals surface area contributed by atoms with Gasteiger partial charge in [-0.25, -0.2) is 8.78 Å². The molecular weight excluding hydrogens is 474 g/mol. The van der Waals surface area contributed by atoms with Crippen LogP contribution in [-0.4, -0.2) is 58.8 Å². The zero-order valence-electron chi connectivity index (χ0n) is 21.1. The highest BCUT2D eigenvalue weighted by Gasteiger charge is 2.76. The maximum atomic E-state index is 17.2. The lowest BCUT2D eigenvalue weighted by molar-refractivity contribution is -0.229. The lowest BCUT2D eigenvalue weighted by Gasteiger charge is -2.63. The summed E-state index contributed by atoms with van der Waals surface area (Å²) in [7, 11) is 0. The molecule has 1 N–H and O–H groups in total. The van der Waals surface area contributed by atoms with Crippen LogP contribution < -0.4 is 0 Å². The predicted octanol–water partition coefficient (Wildman–Crippen LogP) is 3.52. The fraction of sp³-hybridized carbons (Fsp3) is 0.704. The maximum Gasteiger partial charge on any atom is 0.306 e. The normalized spacial score (nSPS) is 43.1. The summed E-state index contributed by atoms with van der Waals surface area (Å²) < 4.78 is 43.6. The number of halogens is 2. The second kappa shape index (κ2) is 8.85. The van der Waals surface area contributed by atoms with Crippen molar-refractivity contribution >= 4 is 23.5 Å². The Labute approximate surface area is 209 Å². The molecule has 7 nitrogen and oxygen atoms in total. The van der Waals surface area contributed by atoms with E-state index in [1.807, 2.05) is 0 Å². The van der Waals surface area contributed by atoms with Gasteiger partial charge in [0.1, 0.15) is 6.17 Å². The van der Waals surface area contributed by atoms with Crippen LogP contribution in [0.25, 0.3) is 0 Å². The smallest absolute Gasteiger partial charge is 0.306 e. The molecule has 0 aliphatic heterocycles. The molecule has 4 aliphatic rings. The van der Waals surface area contributed by atoms with Gasteiger partial charge in [0.2, 0.25) is 5.78 Å². The maximum absolute atomic E-state index is 17.2. The lowest BCUT2D eigenvalue weighted by atomic mass is 9.44. The molecule has 0 aromatic heterocycles. The highest BCUT2D eigenvalue weighted by molar-refractivity contribution is 6.01. The van der Waals surface area contributed by atoms with Crippen LogP contribution in [-0.2, 0) is 28.7 Å². The Morgan fingerprint density at radius 3 is 2.56 bits per heavy atom. The zero-order valence-corrected chi connectivity index (χ0v) is 21.1. The quantitative estimate of drug-likeness (QED) is 0.547. The number of alkyl halides is 2. The molecule has 0 aromatic rings. The van der Waals surface area contributed by atoms with Gasteiger partial charge in [0.15, 0.2) is 23.7 Å². The summed E-state index contributed by atoms with van der Waals surface area (Å²) in [6.45, 7) is 5.50. The molecule has 0 radical (unpaired) electrons. The number of aliphatic hydroxyl groups excluding tert-OH is 1. The highest BCUT2D eigenvalue weighted by Crippen LogP contribution is 2.70. The van der Waals surface area contributed by atoms with E-state index in [2.05, 4.69) is 0 Å². The summed E-state index contributed by atoms with van der Waals surface area (Å²) in [5.41, 5.74) is -6.80. The second-order valence-corrected chi connectivity index (χ2v) is 11.2. The first-order valence-corrected chi connectivity index (χ1v) is 12.6. The van der Waals surface area contributed by atoms with Crippen molar-refractivity contribution in [2.75, 3.05) is 6.61 Å². The molecule has 9 heteroatoms. The van der Waals surface area contributed by atoms with Crippen molar-refractivity contribution < 1.29 is 42.5 Å². The Morgan fingerprint density at radius 1 is 1.22 bits per heavy atom. The fourth-order valence-corrected chi connectivity index (χ4v) is 7.61. The van der Waals surface area contributed by atoms with Crippen LogP contribution in [0.1, 0.15) is 66.2 Å². The molecule has 4 rings (SSSR count). The van der Waals surface area contributed by atoms with Crippen LogP contribution in [0.2, 0.25) is 0 Å². The van der Waals surface area contributed by atoms with E-state index in [-0.39, 0.29) is 37.7 Å². The number of ether oxygens (including phenoxy) is 2. The number of hydrogen-bond donors (Lipinski definition) is 1. The van der Waals surface area contributed by atoms with Crippen molar-refractivity contribution in [3.8, 4) is 0 Å². The molecule has 0 heterocycles. The topological polar surface area (TPSA) is 107 Å². The first-order valence-electron chi connectivity index (χ1n) is 12.6. The Balaban J connectivity index is 1.80. The molecule has 0 amide bonds. The molecule has 198 valence electrons. The van der Waals surface area contributed by atoms with Gasteiger partial charge in [0.25, 0.3) is 0 Å². The summed E-state index contributed by atoms with van der Waals surface area (Å²) in [6, 6.07) is 0. The third-order valence-corrected chi connectivity index (χ3v) is 9.35. The van der Waals surface area contributed by atoms with E-state index in [9.17, 15) is 24.3 Å². The van der Waals surface area contributed by atoms with Gasteiger partial charge in [-0.3, -0.25) is 19.2 Å². The molecular formula is C27H34F2O7. The van der Waals surface area contributed by atoms with Crippen molar-refractivity contribution in [1.82, 2.24) is 0 Å². The van der Waals surface area contributed by atoms with Gasteiger partial charge in [0, 0.05) is 30.1 Å². The average molecular weight is 509 g/mol. The van der Waals surface area contributed by atoms with Crippen LogP contribution in [0, 0.1) is 22.7 Å². The van der Waals surface area contributed by atoms with Gasteiger partial charge in [-0.2, -0.15) is 0 Å². The van der Waals surface area contributed by atoms with E-state index in [1.54, 1.807) is 13.8 Å². The number of aliphatic hydroxyl groups is 1. The SMILES string of the molecule is CCCC(=O)O[C@@]1(C(=O)COC(C)=O)CC[C@@H]2[C@H]3C[C@H](F)C4=CC(=O)C=C[C@]4(C)[C@]3(F)[C@H](O)C[C@@]21C. The van der Waals surface area contributed by atoms with Crippen LogP contribution in [0.3, 0.4) is 0 Å². The minimum Gasteiger partial charge on any atom is -0.458 e. The van der Waals surface area contributed by atoms with E-state index in [1.165, 1.54) is 19.1 Å². The number of esters is 2. The summed E-state index contributed by atoms with van der Waals surface area (Å²) >= 11 is 0. The standard InChI is InChI=1S/C27H34F2O7/c1-5-6-23(34)36-26(22(33)14-35-15(2)30)10-8-17-18-12-20(28)19-11-16(31)7-9-24(19,3)27(18,29)21(32)13-25(17,26)4/h7,9,11,17-18,20-21,32H,5-6,8,10,12-14H2,1-4H3/t17-,18-,20+,21-,24+,25+,26-,27-/m1/s1. The van der Waals surface area contributed by atoms with Crippen molar-refractivity contribution in [2.24, 2.45) is 22.7 Å². The summed E-state index contributed by atoms with van der Waals surface area (Å²) in [5.74, 6) is -3.96. The molecule has 4 aliphatic carbocycles. The van der Waals surface area contributed by atoms with Crippen molar-refractivity contribution in [2.45, 2.75) is 89.8 Å². The minimum absolute atomic E-state index is 0.0148. The van der Waals surface area contributed by atoms with Gasteiger partial charge in [0.05, 0.1) is 6.10 Å². The predicted molar refractivity (Wildman–Crippen MR) is 124 cm³/mol. The Morgan fingerprint density at radius 2 is 1.92 bits per heavy atom. The highest BCUT2D eigenvalue weighted by atomic mass is 19.1. The van der Waals surface area contributed by atoms with Crippen LogP contribution in [0.4, 0.5) is 8.78 Å². The third-order valence-electron chi connectivity index (χ3n) is 9.35. The summed E-state index contributed by atoms with van der Waals surface area (Å²) in [5, 5.41) is 11.4.